The van der Waals surface area contributed by atoms with Crippen molar-refractivity contribution in [2.45, 2.75) is 37.9 Å². The van der Waals surface area contributed by atoms with Gasteiger partial charge in [0.25, 0.3) is 0 Å². The SMILES string of the molecule is CC(N)C(c1cnn(C)c1)N1CCCC1c1cccnc1. The third-order valence-corrected chi connectivity index (χ3v) is 4.29. The summed E-state index contributed by atoms with van der Waals surface area (Å²) >= 11 is 0. The van der Waals surface area contributed by atoms with Gasteiger partial charge in [0.2, 0.25) is 0 Å². The minimum Gasteiger partial charge on any atom is -0.326 e. The molecule has 1 saturated heterocycles. The Hall–Kier alpha value is -1.72. The molecule has 5 nitrogen and oxygen atoms in total. The topological polar surface area (TPSA) is 60.0 Å². The molecule has 2 aromatic rings. The lowest BCUT2D eigenvalue weighted by Crippen LogP contribution is -2.39. The molecule has 3 heterocycles. The molecule has 0 radical (unpaired) electrons. The van der Waals surface area contributed by atoms with Gasteiger partial charge in [-0.05, 0) is 37.9 Å². The fraction of sp³-hybridized carbons (Fsp3) is 0.500. The van der Waals surface area contributed by atoms with Gasteiger partial charge in [-0.3, -0.25) is 14.6 Å². The lowest BCUT2D eigenvalue weighted by Gasteiger charge is -2.35. The smallest absolute Gasteiger partial charge is 0.0538 e. The molecule has 0 aliphatic carbocycles. The van der Waals surface area contributed by atoms with Crippen LogP contribution in [0.25, 0.3) is 0 Å². The summed E-state index contributed by atoms with van der Waals surface area (Å²) in [5.74, 6) is 0. The minimum atomic E-state index is 0.0615. The summed E-state index contributed by atoms with van der Waals surface area (Å²) in [5, 5.41) is 4.31. The first-order valence-corrected chi connectivity index (χ1v) is 7.56. The van der Waals surface area contributed by atoms with Crippen LogP contribution in [0.2, 0.25) is 0 Å². The summed E-state index contributed by atoms with van der Waals surface area (Å²) in [6, 6.07) is 4.83. The monoisotopic (exact) mass is 285 g/mol. The van der Waals surface area contributed by atoms with Crippen LogP contribution in [0.3, 0.4) is 0 Å². The number of hydrogen-bond acceptors (Lipinski definition) is 4. The number of likely N-dealkylation sites (tertiary alicyclic amines) is 1. The first kappa shape index (κ1) is 14.2. The van der Waals surface area contributed by atoms with Crippen molar-refractivity contribution in [2.24, 2.45) is 12.8 Å². The highest BCUT2D eigenvalue weighted by atomic mass is 15.3. The second-order valence-corrected chi connectivity index (χ2v) is 5.93. The van der Waals surface area contributed by atoms with Gasteiger partial charge in [0.1, 0.15) is 0 Å². The molecule has 2 aromatic heterocycles. The van der Waals surface area contributed by atoms with E-state index in [1.807, 2.05) is 36.4 Å². The molecule has 3 atom stereocenters. The third kappa shape index (κ3) is 2.84. The predicted octanol–water partition coefficient (Wildman–Crippen LogP) is 2.04. The number of nitrogens with two attached hydrogens (primary N) is 1. The summed E-state index contributed by atoms with van der Waals surface area (Å²) in [7, 11) is 1.95. The second-order valence-electron chi connectivity index (χ2n) is 5.93. The van der Waals surface area contributed by atoms with Gasteiger partial charge in [-0.1, -0.05) is 6.07 Å². The molecule has 1 aliphatic rings. The molecule has 2 N–H and O–H groups in total. The van der Waals surface area contributed by atoms with Crippen LogP contribution in [0, 0.1) is 0 Å². The highest BCUT2D eigenvalue weighted by Crippen LogP contribution is 2.39. The van der Waals surface area contributed by atoms with Gasteiger partial charge in [0.15, 0.2) is 0 Å². The van der Waals surface area contributed by atoms with E-state index in [4.69, 9.17) is 5.73 Å². The van der Waals surface area contributed by atoms with Crippen LogP contribution in [-0.2, 0) is 7.05 Å². The van der Waals surface area contributed by atoms with Gasteiger partial charge in [0, 0.05) is 43.3 Å². The number of aromatic nitrogens is 3. The van der Waals surface area contributed by atoms with Crippen molar-refractivity contribution in [1.29, 1.82) is 0 Å². The molecule has 0 aromatic carbocycles. The van der Waals surface area contributed by atoms with Crippen LogP contribution in [0.5, 0.6) is 0 Å². The van der Waals surface area contributed by atoms with E-state index in [2.05, 4.69) is 34.2 Å². The van der Waals surface area contributed by atoms with Crippen LogP contribution < -0.4 is 5.73 Å². The molecule has 0 saturated carbocycles. The zero-order valence-corrected chi connectivity index (χ0v) is 12.7. The first-order valence-electron chi connectivity index (χ1n) is 7.56. The van der Waals surface area contributed by atoms with Crippen molar-refractivity contribution in [2.75, 3.05) is 6.54 Å². The van der Waals surface area contributed by atoms with E-state index in [0.29, 0.717) is 6.04 Å². The second kappa shape index (κ2) is 5.95. The fourth-order valence-electron chi connectivity index (χ4n) is 3.44. The van der Waals surface area contributed by atoms with Crippen LogP contribution in [-0.4, -0.2) is 32.3 Å². The van der Waals surface area contributed by atoms with E-state index < -0.39 is 0 Å². The third-order valence-electron chi connectivity index (χ3n) is 4.29. The molecule has 21 heavy (non-hydrogen) atoms. The average molecular weight is 285 g/mol. The number of aryl methyl sites for hydroxylation is 1. The maximum absolute atomic E-state index is 6.30. The number of hydrogen-bond donors (Lipinski definition) is 1. The van der Waals surface area contributed by atoms with Crippen molar-refractivity contribution in [3.8, 4) is 0 Å². The fourth-order valence-corrected chi connectivity index (χ4v) is 3.44. The Balaban J connectivity index is 1.91. The summed E-state index contributed by atoms with van der Waals surface area (Å²) in [6.07, 6.45) is 10.2. The lowest BCUT2D eigenvalue weighted by atomic mass is 9.99. The Morgan fingerprint density at radius 1 is 1.38 bits per heavy atom. The summed E-state index contributed by atoms with van der Waals surface area (Å²) in [5.41, 5.74) is 8.78. The molecular weight excluding hydrogens is 262 g/mol. The van der Waals surface area contributed by atoms with E-state index in [1.165, 1.54) is 17.5 Å². The van der Waals surface area contributed by atoms with E-state index in [-0.39, 0.29) is 12.1 Å². The largest absolute Gasteiger partial charge is 0.326 e. The Morgan fingerprint density at radius 2 is 2.24 bits per heavy atom. The molecule has 3 unspecified atom stereocenters. The Morgan fingerprint density at radius 3 is 2.86 bits per heavy atom. The Bertz CT molecular complexity index is 577. The van der Waals surface area contributed by atoms with Crippen molar-refractivity contribution in [3.63, 3.8) is 0 Å². The molecule has 0 spiro atoms. The van der Waals surface area contributed by atoms with Crippen molar-refractivity contribution in [3.05, 3.63) is 48.0 Å². The van der Waals surface area contributed by atoms with Crippen LogP contribution >= 0.6 is 0 Å². The van der Waals surface area contributed by atoms with Crippen molar-refractivity contribution in [1.82, 2.24) is 19.7 Å². The van der Waals surface area contributed by atoms with Gasteiger partial charge >= 0.3 is 0 Å². The number of pyridine rings is 1. The van der Waals surface area contributed by atoms with Crippen LogP contribution in [0.15, 0.2) is 36.9 Å². The van der Waals surface area contributed by atoms with Gasteiger partial charge in [-0.15, -0.1) is 0 Å². The van der Waals surface area contributed by atoms with Gasteiger partial charge in [0.05, 0.1) is 12.2 Å². The lowest BCUT2D eigenvalue weighted by molar-refractivity contribution is 0.161. The quantitative estimate of drug-likeness (QED) is 0.934. The predicted molar refractivity (Wildman–Crippen MR) is 82.5 cm³/mol. The molecule has 3 rings (SSSR count). The van der Waals surface area contributed by atoms with Gasteiger partial charge < -0.3 is 5.73 Å². The van der Waals surface area contributed by atoms with Crippen LogP contribution in [0.1, 0.15) is 43.0 Å². The minimum absolute atomic E-state index is 0.0615. The van der Waals surface area contributed by atoms with E-state index >= 15 is 0 Å². The summed E-state index contributed by atoms with van der Waals surface area (Å²) in [4.78, 5) is 6.78. The van der Waals surface area contributed by atoms with Gasteiger partial charge in [-0.2, -0.15) is 5.10 Å². The first-order chi connectivity index (χ1) is 10.2. The molecule has 112 valence electrons. The number of rotatable bonds is 4. The molecule has 0 bridgehead atoms. The van der Waals surface area contributed by atoms with Gasteiger partial charge in [-0.25, -0.2) is 0 Å². The normalized spacial score (nSPS) is 22.3. The number of nitrogens with zero attached hydrogens (tertiary/aromatic N) is 4. The molecular formula is C16H23N5. The standard InChI is InChI=1S/C16H23N5/c1-12(17)16(14-10-19-20(2)11-14)21-8-4-6-15(21)13-5-3-7-18-9-13/h3,5,7,9-12,15-16H,4,6,8,17H2,1-2H3. The Kier molecular flexibility index (Phi) is 4.03. The molecule has 0 amide bonds. The van der Waals surface area contributed by atoms with E-state index in [9.17, 15) is 0 Å². The Labute approximate surface area is 125 Å². The maximum Gasteiger partial charge on any atom is 0.0538 e. The molecule has 5 heteroatoms. The summed E-state index contributed by atoms with van der Waals surface area (Å²) in [6.45, 7) is 3.15. The van der Waals surface area contributed by atoms with Crippen LogP contribution in [0.4, 0.5) is 0 Å². The average Bonchev–Trinajstić information content (AvgIpc) is 3.10. The summed E-state index contributed by atoms with van der Waals surface area (Å²) < 4.78 is 1.85. The maximum atomic E-state index is 6.30. The zero-order chi connectivity index (χ0) is 14.8. The van der Waals surface area contributed by atoms with E-state index in [1.54, 1.807) is 0 Å². The van der Waals surface area contributed by atoms with Crippen molar-refractivity contribution < 1.29 is 0 Å². The molecule has 1 aliphatic heterocycles. The molecule has 1 fully saturated rings. The van der Waals surface area contributed by atoms with Crippen molar-refractivity contribution >= 4 is 0 Å². The van der Waals surface area contributed by atoms with E-state index in [0.717, 1.165) is 13.0 Å². The highest BCUT2D eigenvalue weighted by molar-refractivity contribution is 5.20. The zero-order valence-electron chi connectivity index (χ0n) is 12.7. The highest BCUT2D eigenvalue weighted by Gasteiger charge is 2.35.